The maximum Gasteiger partial charge on any atom is 0.414 e. The van der Waals surface area contributed by atoms with E-state index in [1.807, 2.05) is 0 Å². The lowest BCUT2D eigenvalue weighted by Gasteiger charge is -2.14. The van der Waals surface area contributed by atoms with E-state index in [1.54, 1.807) is 42.5 Å². The van der Waals surface area contributed by atoms with Crippen LogP contribution in [0.5, 0.6) is 0 Å². The van der Waals surface area contributed by atoms with Gasteiger partial charge in [0.1, 0.15) is 17.6 Å². The first-order chi connectivity index (χ1) is 15.3. The number of carbonyl (C=O) groups excluding carboxylic acids is 3. The summed E-state index contributed by atoms with van der Waals surface area (Å²) in [5.41, 5.74) is 2.47. The fourth-order valence-corrected chi connectivity index (χ4v) is 3.61. The number of benzene rings is 2. The van der Waals surface area contributed by atoms with Crippen LogP contribution in [-0.2, 0) is 14.3 Å². The van der Waals surface area contributed by atoms with E-state index in [1.165, 1.54) is 17.9 Å². The van der Waals surface area contributed by atoms with Crippen molar-refractivity contribution in [3.8, 4) is 11.1 Å². The molecule has 3 amide bonds. The Morgan fingerprint density at radius 1 is 1.25 bits per heavy atom. The van der Waals surface area contributed by atoms with Crippen molar-refractivity contribution in [2.75, 3.05) is 18.0 Å². The van der Waals surface area contributed by atoms with Gasteiger partial charge < -0.3 is 15.4 Å². The fourth-order valence-electron chi connectivity index (χ4n) is 3.41. The van der Waals surface area contributed by atoms with Crippen LogP contribution < -0.4 is 20.9 Å². The largest absolute Gasteiger partial charge is 0.442 e. The van der Waals surface area contributed by atoms with Gasteiger partial charge in [-0.15, -0.1) is 0 Å². The van der Waals surface area contributed by atoms with Crippen molar-refractivity contribution in [1.82, 2.24) is 16.0 Å². The molecule has 2 fully saturated rings. The van der Waals surface area contributed by atoms with Gasteiger partial charge in [0.05, 0.1) is 18.8 Å². The predicted octanol–water partition coefficient (Wildman–Crippen LogP) is 2.30. The van der Waals surface area contributed by atoms with Gasteiger partial charge in [0.15, 0.2) is 5.11 Å². The molecular weight excluding hydrogens is 435 g/mol. The molecule has 2 heterocycles. The van der Waals surface area contributed by atoms with Gasteiger partial charge in [-0.2, -0.15) is 0 Å². The van der Waals surface area contributed by atoms with Gasteiger partial charge in [0, 0.05) is 12.5 Å². The number of halogens is 1. The van der Waals surface area contributed by atoms with Crippen LogP contribution in [0.1, 0.15) is 12.5 Å². The molecule has 2 saturated heterocycles. The molecular formula is C22H19FN4O4S. The zero-order valence-corrected chi connectivity index (χ0v) is 17.8. The highest BCUT2D eigenvalue weighted by Gasteiger charge is 2.32. The van der Waals surface area contributed by atoms with E-state index in [-0.39, 0.29) is 30.0 Å². The molecule has 3 N–H and O–H groups in total. The lowest BCUT2D eigenvalue weighted by molar-refractivity contribution is -0.119. The highest BCUT2D eigenvalue weighted by molar-refractivity contribution is 7.80. The van der Waals surface area contributed by atoms with E-state index in [9.17, 15) is 18.8 Å². The summed E-state index contributed by atoms with van der Waals surface area (Å²) in [5.74, 6) is -1.02. The first-order valence-corrected chi connectivity index (χ1v) is 10.2. The van der Waals surface area contributed by atoms with Crippen LogP contribution >= 0.6 is 12.2 Å². The van der Waals surface area contributed by atoms with E-state index >= 15 is 0 Å². The molecule has 0 bridgehead atoms. The summed E-state index contributed by atoms with van der Waals surface area (Å²) in [6.07, 6.45) is 0.560. The molecule has 8 nitrogen and oxygen atoms in total. The topological polar surface area (TPSA) is 99.8 Å². The van der Waals surface area contributed by atoms with Crippen molar-refractivity contribution in [3.05, 3.63) is 59.5 Å². The average Bonchev–Trinajstić information content (AvgIpc) is 3.28. The third kappa shape index (κ3) is 4.59. The van der Waals surface area contributed by atoms with Crippen molar-refractivity contribution in [3.63, 3.8) is 0 Å². The van der Waals surface area contributed by atoms with Crippen LogP contribution in [0.4, 0.5) is 14.9 Å². The summed E-state index contributed by atoms with van der Waals surface area (Å²) < 4.78 is 20.1. The Kier molecular flexibility index (Phi) is 5.87. The number of amides is 3. The first-order valence-electron chi connectivity index (χ1n) is 9.77. The normalized spacial score (nSPS) is 19.1. The summed E-state index contributed by atoms with van der Waals surface area (Å²) in [4.78, 5) is 36.3. The fraction of sp³-hybridized carbons (Fsp3) is 0.182. The second kappa shape index (κ2) is 8.75. The number of hydrogen-bond acceptors (Lipinski definition) is 5. The Bertz CT molecular complexity index is 1150. The second-order valence-corrected chi connectivity index (χ2v) is 7.71. The SMILES string of the molecule is CC(=O)NC[C@H]1CN(c2ccc(-c3ccc(/C=C4\NC(=S)NC4=O)cc3)c(F)c2)C(=O)O1. The number of carbonyl (C=O) groups is 3. The van der Waals surface area contributed by atoms with Crippen molar-refractivity contribution in [1.29, 1.82) is 0 Å². The van der Waals surface area contributed by atoms with Crippen molar-refractivity contribution in [2.45, 2.75) is 13.0 Å². The van der Waals surface area contributed by atoms with E-state index in [0.29, 0.717) is 22.5 Å². The lowest BCUT2D eigenvalue weighted by Crippen LogP contribution is -2.33. The number of cyclic esters (lactones) is 1. The zero-order valence-electron chi connectivity index (χ0n) is 17.0. The van der Waals surface area contributed by atoms with Crippen molar-refractivity contribution in [2.24, 2.45) is 0 Å². The van der Waals surface area contributed by atoms with Crippen LogP contribution in [0.3, 0.4) is 0 Å². The summed E-state index contributed by atoms with van der Waals surface area (Å²) in [6, 6.07) is 11.5. The minimum absolute atomic E-state index is 0.198. The lowest BCUT2D eigenvalue weighted by atomic mass is 10.0. The number of anilines is 1. The maximum absolute atomic E-state index is 14.9. The molecule has 164 valence electrons. The Balaban J connectivity index is 1.48. The highest BCUT2D eigenvalue weighted by atomic mass is 32.1. The minimum atomic E-state index is -0.589. The predicted molar refractivity (Wildman–Crippen MR) is 120 cm³/mol. The van der Waals surface area contributed by atoms with E-state index < -0.39 is 18.0 Å². The molecule has 0 aromatic heterocycles. The molecule has 32 heavy (non-hydrogen) atoms. The standard InChI is InChI=1S/C22H19FN4O4S/c1-12(28)24-10-16-11-27(22(30)31-16)15-6-7-17(18(23)9-15)14-4-2-13(3-5-14)8-19-20(29)26-21(32)25-19/h2-9,16H,10-11H2,1H3,(H,24,28)(H2,25,26,29,32)/b19-8-/t16-/m0/s1. The number of thiocarbonyl (C=S) groups is 1. The molecule has 2 aromatic carbocycles. The van der Waals surface area contributed by atoms with E-state index in [0.717, 1.165) is 5.56 Å². The minimum Gasteiger partial charge on any atom is -0.442 e. The number of nitrogens with zero attached hydrogens (tertiary/aromatic N) is 1. The van der Waals surface area contributed by atoms with Gasteiger partial charge in [-0.3, -0.25) is 19.8 Å². The van der Waals surface area contributed by atoms with Crippen LogP contribution in [0, 0.1) is 5.82 Å². The third-order valence-corrected chi connectivity index (χ3v) is 5.17. The molecule has 0 aliphatic carbocycles. The summed E-state index contributed by atoms with van der Waals surface area (Å²) in [7, 11) is 0. The first kappa shape index (κ1) is 21.4. The highest BCUT2D eigenvalue weighted by Crippen LogP contribution is 2.29. The summed E-state index contributed by atoms with van der Waals surface area (Å²) in [5, 5.41) is 8.11. The molecule has 2 aliphatic heterocycles. The summed E-state index contributed by atoms with van der Waals surface area (Å²) >= 11 is 4.90. The van der Waals surface area contributed by atoms with Crippen molar-refractivity contribution < 1.29 is 23.5 Å². The van der Waals surface area contributed by atoms with Crippen LogP contribution in [-0.4, -0.2) is 42.2 Å². The molecule has 0 saturated carbocycles. The Morgan fingerprint density at radius 3 is 2.62 bits per heavy atom. The van der Waals surface area contributed by atoms with Gasteiger partial charge in [-0.1, -0.05) is 24.3 Å². The molecule has 0 spiro atoms. The molecule has 1 atom stereocenters. The molecule has 2 aromatic rings. The Hall–Kier alpha value is -3.79. The monoisotopic (exact) mass is 454 g/mol. The molecule has 4 rings (SSSR count). The van der Waals surface area contributed by atoms with Crippen molar-refractivity contribution >= 4 is 47.0 Å². The number of nitrogens with one attached hydrogen (secondary N) is 3. The van der Waals surface area contributed by atoms with Gasteiger partial charge in [0.25, 0.3) is 5.91 Å². The third-order valence-electron chi connectivity index (χ3n) is 4.97. The Labute approximate surface area is 188 Å². The molecule has 10 heteroatoms. The van der Waals surface area contributed by atoms with Crippen LogP contribution in [0.25, 0.3) is 17.2 Å². The average molecular weight is 454 g/mol. The van der Waals surface area contributed by atoms with Gasteiger partial charge in [0.2, 0.25) is 5.91 Å². The second-order valence-electron chi connectivity index (χ2n) is 7.31. The molecule has 2 aliphatic rings. The Morgan fingerprint density at radius 2 is 2.00 bits per heavy atom. The smallest absolute Gasteiger partial charge is 0.414 e. The number of hydrogen-bond donors (Lipinski definition) is 3. The van der Waals surface area contributed by atoms with Crippen LogP contribution in [0.15, 0.2) is 48.2 Å². The van der Waals surface area contributed by atoms with E-state index in [2.05, 4.69) is 16.0 Å². The molecule has 0 unspecified atom stereocenters. The van der Waals surface area contributed by atoms with Crippen LogP contribution in [0.2, 0.25) is 0 Å². The summed E-state index contributed by atoms with van der Waals surface area (Å²) in [6.45, 7) is 1.79. The van der Waals surface area contributed by atoms with Gasteiger partial charge in [-0.05, 0) is 47.6 Å². The maximum atomic E-state index is 14.9. The number of ether oxygens (including phenoxy) is 1. The number of rotatable bonds is 5. The quantitative estimate of drug-likeness (QED) is 0.474. The van der Waals surface area contributed by atoms with E-state index in [4.69, 9.17) is 17.0 Å². The molecule has 0 radical (unpaired) electrons. The zero-order chi connectivity index (χ0) is 22.8. The van der Waals surface area contributed by atoms with Gasteiger partial charge >= 0.3 is 6.09 Å². The van der Waals surface area contributed by atoms with Gasteiger partial charge in [-0.25, -0.2) is 9.18 Å².